The molecule has 0 atom stereocenters. The van der Waals surface area contributed by atoms with Crippen LogP contribution in [0.2, 0.25) is 0 Å². The maximum absolute atomic E-state index is 13.4. The van der Waals surface area contributed by atoms with Crippen molar-refractivity contribution in [2.45, 2.75) is 6.92 Å². The Kier molecular flexibility index (Phi) is 5.33. The maximum atomic E-state index is 13.4. The van der Waals surface area contributed by atoms with Crippen LogP contribution in [0.4, 0.5) is 15.8 Å². The predicted molar refractivity (Wildman–Crippen MR) is 90.9 cm³/mol. The summed E-state index contributed by atoms with van der Waals surface area (Å²) in [6.45, 7) is 1.85. The Labute approximate surface area is 141 Å². The summed E-state index contributed by atoms with van der Waals surface area (Å²) in [5, 5.41) is 5.59. The molecule has 0 aliphatic rings. The van der Waals surface area contributed by atoms with Gasteiger partial charge in [-0.2, -0.15) is 0 Å². The number of hydrogen-bond acceptors (Lipinski definition) is 3. The molecular weight excluding hydrogens is 365 g/mol. The Morgan fingerprint density at radius 2 is 1.96 bits per heavy atom. The topological polar surface area (TPSA) is 84.2 Å². The number of nitrogens with one attached hydrogen (secondary N) is 2. The van der Waals surface area contributed by atoms with Crippen molar-refractivity contribution in [2.75, 3.05) is 17.2 Å². The number of hydrogen-bond donors (Lipinski definition) is 3. The van der Waals surface area contributed by atoms with Gasteiger partial charge in [0.15, 0.2) is 0 Å². The summed E-state index contributed by atoms with van der Waals surface area (Å²) >= 11 is 3.35. The van der Waals surface area contributed by atoms with Gasteiger partial charge in [0.05, 0.1) is 12.1 Å². The standard InChI is InChI=1S/C16H15BrFN3O2/c1-9-6-10(17)2-5-14(9)21-15(22)8-20-11-3-4-13(18)12(7-11)16(19)23/h2-7,20H,8H2,1H3,(H2,19,23)(H,21,22). The Bertz CT molecular complexity index is 765. The minimum absolute atomic E-state index is 0.0284. The first-order valence-electron chi connectivity index (χ1n) is 6.76. The Morgan fingerprint density at radius 1 is 1.22 bits per heavy atom. The first-order chi connectivity index (χ1) is 10.9. The van der Waals surface area contributed by atoms with E-state index in [1.165, 1.54) is 12.1 Å². The molecule has 7 heteroatoms. The Balaban J connectivity index is 1.99. The molecule has 0 unspecified atom stereocenters. The number of anilines is 2. The molecule has 0 spiro atoms. The fraction of sp³-hybridized carbons (Fsp3) is 0.125. The molecule has 0 aromatic heterocycles. The fourth-order valence-corrected chi connectivity index (χ4v) is 2.44. The molecule has 2 rings (SSSR count). The number of halogens is 2. The van der Waals surface area contributed by atoms with Gasteiger partial charge in [0.1, 0.15) is 5.82 Å². The highest BCUT2D eigenvalue weighted by Gasteiger charge is 2.10. The van der Waals surface area contributed by atoms with Gasteiger partial charge in [0.25, 0.3) is 5.91 Å². The van der Waals surface area contributed by atoms with Gasteiger partial charge in [-0.1, -0.05) is 15.9 Å². The summed E-state index contributed by atoms with van der Waals surface area (Å²) in [4.78, 5) is 23.0. The van der Waals surface area contributed by atoms with Crippen LogP contribution in [0.1, 0.15) is 15.9 Å². The van der Waals surface area contributed by atoms with E-state index in [4.69, 9.17) is 5.73 Å². The zero-order valence-electron chi connectivity index (χ0n) is 12.3. The summed E-state index contributed by atoms with van der Waals surface area (Å²) in [5.74, 6) is -1.82. The molecule has 23 heavy (non-hydrogen) atoms. The summed E-state index contributed by atoms with van der Waals surface area (Å²) in [6, 6.07) is 9.34. The average molecular weight is 380 g/mol. The highest BCUT2D eigenvalue weighted by molar-refractivity contribution is 9.10. The quantitative estimate of drug-likeness (QED) is 0.746. The number of primary amides is 1. The third kappa shape index (κ3) is 4.53. The van der Waals surface area contributed by atoms with Crippen molar-refractivity contribution in [3.63, 3.8) is 0 Å². The molecular formula is C16H15BrFN3O2. The molecule has 0 aliphatic carbocycles. The fourth-order valence-electron chi connectivity index (χ4n) is 1.97. The third-order valence-corrected chi connectivity index (χ3v) is 3.64. The number of carbonyl (C=O) groups is 2. The SMILES string of the molecule is Cc1cc(Br)ccc1NC(=O)CNc1ccc(F)c(C(N)=O)c1. The van der Waals surface area contributed by atoms with Crippen LogP contribution in [-0.2, 0) is 4.79 Å². The Hall–Kier alpha value is -2.41. The van der Waals surface area contributed by atoms with E-state index in [1.807, 2.05) is 19.1 Å². The molecule has 2 amide bonds. The number of rotatable bonds is 5. The van der Waals surface area contributed by atoms with Crippen molar-refractivity contribution in [1.29, 1.82) is 0 Å². The van der Waals surface area contributed by atoms with Gasteiger partial charge in [-0.25, -0.2) is 4.39 Å². The average Bonchev–Trinajstić information content (AvgIpc) is 2.49. The van der Waals surface area contributed by atoms with E-state index < -0.39 is 11.7 Å². The molecule has 2 aromatic rings. The zero-order chi connectivity index (χ0) is 17.0. The summed E-state index contributed by atoms with van der Waals surface area (Å²) < 4.78 is 14.3. The van der Waals surface area contributed by atoms with Gasteiger partial charge in [-0.05, 0) is 48.9 Å². The first kappa shape index (κ1) is 17.0. The van der Waals surface area contributed by atoms with E-state index in [9.17, 15) is 14.0 Å². The van der Waals surface area contributed by atoms with E-state index >= 15 is 0 Å². The normalized spacial score (nSPS) is 10.2. The lowest BCUT2D eigenvalue weighted by Crippen LogP contribution is -2.22. The molecule has 0 aliphatic heterocycles. The van der Waals surface area contributed by atoms with Gasteiger partial charge in [0.2, 0.25) is 5.91 Å². The molecule has 5 nitrogen and oxygen atoms in total. The second-order valence-electron chi connectivity index (χ2n) is 4.92. The molecule has 0 radical (unpaired) electrons. The van der Waals surface area contributed by atoms with Crippen molar-refractivity contribution in [1.82, 2.24) is 0 Å². The van der Waals surface area contributed by atoms with E-state index in [-0.39, 0.29) is 18.0 Å². The maximum Gasteiger partial charge on any atom is 0.251 e. The van der Waals surface area contributed by atoms with Gasteiger partial charge < -0.3 is 16.4 Å². The molecule has 0 saturated heterocycles. The van der Waals surface area contributed by atoms with Crippen LogP contribution in [0, 0.1) is 12.7 Å². The van der Waals surface area contributed by atoms with Crippen LogP contribution in [0.15, 0.2) is 40.9 Å². The largest absolute Gasteiger partial charge is 0.376 e. The molecule has 2 aromatic carbocycles. The summed E-state index contributed by atoms with van der Waals surface area (Å²) in [5.41, 5.74) is 6.92. The van der Waals surface area contributed by atoms with E-state index in [0.717, 1.165) is 16.1 Å². The smallest absolute Gasteiger partial charge is 0.251 e. The lowest BCUT2D eigenvalue weighted by Gasteiger charge is -2.11. The minimum atomic E-state index is -0.860. The second-order valence-corrected chi connectivity index (χ2v) is 5.84. The zero-order valence-corrected chi connectivity index (χ0v) is 13.9. The van der Waals surface area contributed by atoms with E-state index in [2.05, 4.69) is 26.6 Å². The van der Waals surface area contributed by atoms with E-state index in [1.54, 1.807) is 6.07 Å². The van der Waals surface area contributed by atoms with Crippen molar-refractivity contribution >= 4 is 39.1 Å². The number of nitrogens with two attached hydrogens (primary N) is 1. The highest BCUT2D eigenvalue weighted by Crippen LogP contribution is 2.20. The first-order valence-corrected chi connectivity index (χ1v) is 7.55. The number of carbonyl (C=O) groups excluding carboxylic acids is 2. The molecule has 0 saturated carbocycles. The van der Waals surface area contributed by atoms with Crippen LogP contribution in [0.3, 0.4) is 0 Å². The second kappa shape index (κ2) is 7.23. The molecule has 0 fully saturated rings. The van der Waals surface area contributed by atoms with Crippen LogP contribution in [0.25, 0.3) is 0 Å². The summed E-state index contributed by atoms with van der Waals surface area (Å²) in [6.07, 6.45) is 0. The van der Waals surface area contributed by atoms with E-state index in [0.29, 0.717) is 11.4 Å². The van der Waals surface area contributed by atoms with Crippen molar-refractivity contribution in [2.24, 2.45) is 5.73 Å². The highest BCUT2D eigenvalue weighted by atomic mass is 79.9. The molecule has 0 heterocycles. The number of amides is 2. The van der Waals surface area contributed by atoms with Crippen molar-refractivity contribution < 1.29 is 14.0 Å². The molecule has 0 bridgehead atoms. The van der Waals surface area contributed by atoms with Crippen LogP contribution in [0.5, 0.6) is 0 Å². The van der Waals surface area contributed by atoms with Gasteiger partial charge in [-0.15, -0.1) is 0 Å². The van der Waals surface area contributed by atoms with Crippen molar-refractivity contribution in [3.8, 4) is 0 Å². The van der Waals surface area contributed by atoms with Gasteiger partial charge >= 0.3 is 0 Å². The summed E-state index contributed by atoms with van der Waals surface area (Å²) in [7, 11) is 0. The number of aryl methyl sites for hydroxylation is 1. The van der Waals surface area contributed by atoms with Gasteiger partial charge in [0, 0.05) is 15.8 Å². The lowest BCUT2D eigenvalue weighted by atomic mass is 10.1. The Morgan fingerprint density at radius 3 is 2.61 bits per heavy atom. The lowest BCUT2D eigenvalue weighted by molar-refractivity contribution is -0.114. The predicted octanol–water partition coefficient (Wildman–Crippen LogP) is 3.05. The van der Waals surface area contributed by atoms with Crippen LogP contribution in [-0.4, -0.2) is 18.4 Å². The molecule has 4 N–H and O–H groups in total. The third-order valence-electron chi connectivity index (χ3n) is 3.15. The van der Waals surface area contributed by atoms with Crippen molar-refractivity contribution in [3.05, 3.63) is 57.8 Å². The van der Waals surface area contributed by atoms with Gasteiger partial charge in [-0.3, -0.25) is 9.59 Å². The minimum Gasteiger partial charge on any atom is -0.376 e. The molecule has 120 valence electrons. The van der Waals surface area contributed by atoms with Crippen LogP contribution >= 0.6 is 15.9 Å². The monoisotopic (exact) mass is 379 g/mol. The number of benzene rings is 2. The van der Waals surface area contributed by atoms with Crippen LogP contribution < -0.4 is 16.4 Å².